The molecule has 6 heteroatoms. The van der Waals surface area contributed by atoms with Gasteiger partial charge in [0.15, 0.2) is 5.11 Å². The van der Waals surface area contributed by atoms with Gasteiger partial charge in [0.05, 0.1) is 11.0 Å². The van der Waals surface area contributed by atoms with Crippen molar-refractivity contribution in [2.45, 2.75) is 12.3 Å². The zero-order chi connectivity index (χ0) is 20.8. The number of nitrogens with one attached hydrogen (secondary N) is 1. The van der Waals surface area contributed by atoms with Crippen LogP contribution in [0.5, 0.6) is 0 Å². The van der Waals surface area contributed by atoms with E-state index in [9.17, 15) is 0 Å². The normalized spacial score (nSPS) is 16.4. The minimum absolute atomic E-state index is 0.535. The third-order valence-corrected chi connectivity index (χ3v) is 7.39. The topological polar surface area (TPSA) is 41.1 Å². The highest BCUT2D eigenvalue weighted by molar-refractivity contribution is 7.80. The number of fused-ring (bicyclic) bond motifs is 4. The van der Waals surface area contributed by atoms with Crippen molar-refractivity contribution in [2.75, 3.05) is 18.4 Å². The summed E-state index contributed by atoms with van der Waals surface area (Å²) < 4.78 is 1.19. The first-order valence-electron chi connectivity index (χ1n) is 10.4. The van der Waals surface area contributed by atoms with Gasteiger partial charge >= 0.3 is 0 Å². The largest absolute Gasteiger partial charge is 0.348 e. The summed E-state index contributed by atoms with van der Waals surface area (Å²) in [7, 11) is 0. The Morgan fingerprint density at radius 1 is 0.968 bits per heavy atom. The standard InChI is InChI=1S/C25H20N4S2/c30-25(29-13-12-17(15-29)16-6-2-1-3-7-16)26-18-10-11-22-19(14-18)23-24(31-22)28-21-9-5-4-8-20(21)27-23/h1-11,14,17H,12-13,15H2,(H,26,30)/t17-/m0/s1. The number of aromatic nitrogens is 2. The molecule has 0 amide bonds. The van der Waals surface area contributed by atoms with Crippen LogP contribution in [0.3, 0.4) is 0 Å². The molecule has 2 aromatic heterocycles. The minimum atomic E-state index is 0.535. The molecule has 3 heterocycles. The number of thiophene rings is 1. The Morgan fingerprint density at radius 2 is 1.74 bits per heavy atom. The highest BCUT2D eigenvalue weighted by atomic mass is 32.1. The number of rotatable bonds is 2. The fourth-order valence-corrected chi connectivity index (χ4v) is 5.65. The molecule has 1 aliphatic heterocycles. The van der Waals surface area contributed by atoms with Crippen LogP contribution < -0.4 is 5.32 Å². The van der Waals surface area contributed by atoms with E-state index < -0.39 is 0 Å². The molecule has 4 nitrogen and oxygen atoms in total. The van der Waals surface area contributed by atoms with Crippen LogP contribution >= 0.6 is 23.6 Å². The van der Waals surface area contributed by atoms with Gasteiger partial charge < -0.3 is 10.2 Å². The molecule has 0 saturated carbocycles. The predicted molar refractivity (Wildman–Crippen MR) is 134 cm³/mol. The van der Waals surface area contributed by atoms with Crippen LogP contribution in [-0.2, 0) is 0 Å². The lowest BCUT2D eigenvalue weighted by Gasteiger charge is -2.21. The molecule has 5 aromatic rings. The SMILES string of the molecule is S=C(Nc1ccc2sc3nc4ccccc4nc3c2c1)N1CC[C@H](c2ccccc2)C1. The Kier molecular flexibility index (Phi) is 4.55. The van der Waals surface area contributed by atoms with Crippen LogP contribution in [0.25, 0.3) is 31.5 Å². The highest BCUT2D eigenvalue weighted by Gasteiger charge is 2.25. The van der Waals surface area contributed by atoms with E-state index in [1.165, 1.54) is 10.3 Å². The second kappa shape index (κ2) is 7.55. The van der Waals surface area contributed by atoms with E-state index in [4.69, 9.17) is 22.2 Å². The van der Waals surface area contributed by atoms with Crippen LogP contribution in [0, 0.1) is 0 Å². The van der Waals surface area contributed by atoms with E-state index in [1.54, 1.807) is 11.3 Å². The number of hydrogen-bond donors (Lipinski definition) is 1. The number of anilines is 1. The highest BCUT2D eigenvalue weighted by Crippen LogP contribution is 2.34. The summed E-state index contributed by atoms with van der Waals surface area (Å²) in [6, 6.07) is 25.1. The van der Waals surface area contributed by atoms with Gasteiger partial charge in [-0.05, 0) is 54.5 Å². The van der Waals surface area contributed by atoms with E-state index in [1.807, 2.05) is 24.3 Å². The molecule has 6 rings (SSSR count). The maximum atomic E-state index is 5.75. The molecule has 0 radical (unpaired) electrons. The Hall–Kier alpha value is -3.09. The monoisotopic (exact) mass is 440 g/mol. The van der Waals surface area contributed by atoms with Crippen LogP contribution in [0.15, 0.2) is 72.8 Å². The van der Waals surface area contributed by atoms with Crippen molar-refractivity contribution in [3.05, 3.63) is 78.4 Å². The molecule has 0 bridgehead atoms. The fourth-order valence-electron chi connectivity index (χ4n) is 4.36. The zero-order valence-corrected chi connectivity index (χ0v) is 18.4. The van der Waals surface area contributed by atoms with Crippen molar-refractivity contribution in [1.82, 2.24) is 14.9 Å². The van der Waals surface area contributed by atoms with Gasteiger partial charge in [0, 0.05) is 34.8 Å². The van der Waals surface area contributed by atoms with Gasteiger partial charge in [-0.15, -0.1) is 11.3 Å². The van der Waals surface area contributed by atoms with Gasteiger partial charge in [-0.2, -0.15) is 0 Å². The Balaban J connectivity index is 1.27. The minimum Gasteiger partial charge on any atom is -0.348 e. The van der Waals surface area contributed by atoms with Crippen LogP contribution in [-0.4, -0.2) is 33.1 Å². The lowest BCUT2D eigenvalue weighted by molar-refractivity contribution is 0.518. The number of para-hydroxylation sites is 2. The molecule has 1 saturated heterocycles. The summed E-state index contributed by atoms with van der Waals surface area (Å²) in [6.07, 6.45) is 1.13. The van der Waals surface area contributed by atoms with Crippen LogP contribution in [0.4, 0.5) is 5.69 Å². The molecule has 1 N–H and O–H groups in total. The molecule has 152 valence electrons. The number of hydrogen-bond acceptors (Lipinski definition) is 4. The molecule has 1 atom stereocenters. The van der Waals surface area contributed by atoms with E-state index in [-0.39, 0.29) is 0 Å². The number of thiocarbonyl (C=S) groups is 1. The molecule has 1 fully saturated rings. The van der Waals surface area contributed by atoms with Crippen molar-refractivity contribution >= 4 is 65.8 Å². The number of likely N-dealkylation sites (tertiary alicyclic amines) is 1. The smallest absolute Gasteiger partial charge is 0.173 e. The summed E-state index contributed by atoms with van der Waals surface area (Å²) in [5.41, 5.74) is 5.20. The molecular weight excluding hydrogens is 420 g/mol. The first-order chi connectivity index (χ1) is 15.2. The first-order valence-corrected chi connectivity index (χ1v) is 11.7. The van der Waals surface area contributed by atoms with Crippen LogP contribution in [0.2, 0.25) is 0 Å². The van der Waals surface area contributed by atoms with Crippen molar-refractivity contribution in [3.8, 4) is 0 Å². The van der Waals surface area contributed by atoms with E-state index >= 15 is 0 Å². The van der Waals surface area contributed by atoms with E-state index in [2.05, 4.69) is 58.7 Å². The van der Waals surface area contributed by atoms with Gasteiger partial charge in [-0.1, -0.05) is 42.5 Å². The molecule has 1 aliphatic rings. The lowest BCUT2D eigenvalue weighted by atomic mass is 9.99. The molecule has 0 spiro atoms. The summed E-state index contributed by atoms with van der Waals surface area (Å²) in [4.78, 5) is 12.9. The summed E-state index contributed by atoms with van der Waals surface area (Å²) in [6.45, 7) is 1.93. The van der Waals surface area contributed by atoms with E-state index in [0.717, 1.165) is 57.1 Å². The Morgan fingerprint density at radius 3 is 2.58 bits per heavy atom. The van der Waals surface area contributed by atoms with Crippen LogP contribution in [0.1, 0.15) is 17.9 Å². The Labute approximate surface area is 189 Å². The Bertz CT molecular complexity index is 1430. The third-order valence-electron chi connectivity index (χ3n) is 5.98. The first kappa shape index (κ1) is 18.7. The third kappa shape index (κ3) is 3.42. The molecular formula is C25H20N4S2. The van der Waals surface area contributed by atoms with Crippen molar-refractivity contribution in [1.29, 1.82) is 0 Å². The molecule has 31 heavy (non-hydrogen) atoms. The van der Waals surface area contributed by atoms with E-state index in [0.29, 0.717) is 5.92 Å². The maximum absolute atomic E-state index is 5.75. The second-order valence-corrected chi connectivity index (χ2v) is 9.37. The number of nitrogens with zero attached hydrogens (tertiary/aromatic N) is 3. The van der Waals surface area contributed by atoms with Crippen molar-refractivity contribution in [3.63, 3.8) is 0 Å². The van der Waals surface area contributed by atoms with Gasteiger partial charge in [0.1, 0.15) is 10.3 Å². The second-order valence-electron chi connectivity index (χ2n) is 7.95. The quantitative estimate of drug-likeness (QED) is 0.332. The summed E-state index contributed by atoms with van der Waals surface area (Å²) in [5.74, 6) is 0.535. The van der Waals surface area contributed by atoms with Gasteiger partial charge in [-0.3, -0.25) is 0 Å². The van der Waals surface area contributed by atoms with Gasteiger partial charge in [0.25, 0.3) is 0 Å². The predicted octanol–water partition coefficient (Wildman–Crippen LogP) is 6.18. The average molecular weight is 441 g/mol. The number of benzene rings is 3. The van der Waals surface area contributed by atoms with Gasteiger partial charge in [-0.25, -0.2) is 9.97 Å². The van der Waals surface area contributed by atoms with Gasteiger partial charge in [0.2, 0.25) is 0 Å². The van der Waals surface area contributed by atoms with Crippen molar-refractivity contribution < 1.29 is 0 Å². The fraction of sp³-hybridized carbons (Fsp3) is 0.160. The molecule has 0 unspecified atom stereocenters. The average Bonchev–Trinajstić information content (AvgIpc) is 3.43. The summed E-state index contributed by atoms with van der Waals surface area (Å²) in [5, 5.41) is 5.36. The van der Waals surface area contributed by atoms with Crippen molar-refractivity contribution in [2.24, 2.45) is 0 Å². The zero-order valence-electron chi connectivity index (χ0n) is 16.8. The molecule has 0 aliphatic carbocycles. The summed E-state index contributed by atoms with van der Waals surface area (Å²) >= 11 is 7.43. The lowest BCUT2D eigenvalue weighted by Crippen LogP contribution is -2.32. The molecule has 3 aromatic carbocycles. The maximum Gasteiger partial charge on any atom is 0.173 e.